The first kappa shape index (κ1) is 14.6. The highest BCUT2D eigenvalue weighted by Crippen LogP contribution is 2.16. The molecule has 1 atom stereocenters. The van der Waals surface area contributed by atoms with E-state index in [9.17, 15) is 4.79 Å². The largest absolute Gasteiger partial charge is 0.347 e. The number of aryl methyl sites for hydroxylation is 1. The molecule has 0 aliphatic rings. The third-order valence-corrected chi connectivity index (χ3v) is 4.19. The lowest BCUT2D eigenvalue weighted by atomic mass is 10.1. The van der Waals surface area contributed by atoms with Crippen LogP contribution in [0.1, 0.15) is 35.8 Å². The predicted molar refractivity (Wildman–Crippen MR) is 84.7 cm³/mol. The van der Waals surface area contributed by atoms with E-state index in [2.05, 4.69) is 20.3 Å². The molecule has 0 unspecified atom stereocenters. The van der Waals surface area contributed by atoms with Crippen molar-refractivity contribution in [2.75, 3.05) is 0 Å². The van der Waals surface area contributed by atoms with E-state index in [-0.39, 0.29) is 11.9 Å². The Morgan fingerprint density at radius 1 is 1.45 bits per heavy atom. The number of hydrogen-bond donors (Lipinski definition) is 1. The molecule has 0 aliphatic heterocycles. The van der Waals surface area contributed by atoms with E-state index in [1.165, 1.54) is 0 Å². The van der Waals surface area contributed by atoms with Crippen molar-refractivity contribution < 1.29 is 4.79 Å². The van der Waals surface area contributed by atoms with Gasteiger partial charge in [-0.25, -0.2) is 15.0 Å². The number of nitrogens with one attached hydrogen (secondary N) is 1. The van der Waals surface area contributed by atoms with Gasteiger partial charge in [0, 0.05) is 24.0 Å². The van der Waals surface area contributed by atoms with Gasteiger partial charge in [0.25, 0.3) is 0 Å². The van der Waals surface area contributed by atoms with Crippen molar-refractivity contribution in [1.82, 2.24) is 24.7 Å². The van der Waals surface area contributed by atoms with Gasteiger partial charge in [-0.3, -0.25) is 9.20 Å². The summed E-state index contributed by atoms with van der Waals surface area (Å²) >= 11 is 1.56. The minimum absolute atomic E-state index is 0.0397. The number of nitrogens with zero attached hydrogens (tertiary/aromatic N) is 4. The zero-order chi connectivity index (χ0) is 15.5. The van der Waals surface area contributed by atoms with Gasteiger partial charge < -0.3 is 5.32 Å². The number of fused-ring (bicyclic) bond motifs is 1. The fourth-order valence-electron chi connectivity index (χ4n) is 2.30. The third kappa shape index (κ3) is 3.14. The lowest BCUT2D eigenvalue weighted by molar-refractivity contribution is -0.121. The normalized spacial score (nSPS) is 12.5. The fourth-order valence-corrected chi connectivity index (χ4v) is 2.91. The van der Waals surface area contributed by atoms with Crippen LogP contribution in [0.15, 0.2) is 30.0 Å². The molecule has 3 rings (SSSR count). The first-order chi connectivity index (χ1) is 10.7. The van der Waals surface area contributed by atoms with Crippen LogP contribution in [0.5, 0.6) is 0 Å². The minimum atomic E-state index is -0.117. The summed E-state index contributed by atoms with van der Waals surface area (Å²) in [5.41, 5.74) is 1.63. The molecular weight excluding hydrogens is 298 g/mol. The minimum Gasteiger partial charge on any atom is -0.347 e. The number of aromatic nitrogens is 4. The van der Waals surface area contributed by atoms with Crippen LogP contribution in [-0.2, 0) is 11.2 Å². The van der Waals surface area contributed by atoms with E-state index in [0.29, 0.717) is 12.2 Å². The number of imidazole rings is 1. The first-order valence-corrected chi connectivity index (χ1v) is 8.03. The van der Waals surface area contributed by atoms with Gasteiger partial charge in [0.1, 0.15) is 0 Å². The number of amides is 1. The van der Waals surface area contributed by atoms with Crippen molar-refractivity contribution in [2.45, 2.75) is 32.7 Å². The lowest BCUT2D eigenvalue weighted by Crippen LogP contribution is -2.29. The Balaban J connectivity index is 1.72. The molecule has 0 spiro atoms. The molecule has 7 heteroatoms. The molecule has 1 N–H and O–H groups in total. The molecule has 0 aromatic carbocycles. The lowest BCUT2D eigenvalue weighted by Gasteiger charge is -2.14. The van der Waals surface area contributed by atoms with Gasteiger partial charge >= 0.3 is 0 Å². The van der Waals surface area contributed by atoms with Crippen LogP contribution in [-0.4, -0.2) is 25.3 Å². The van der Waals surface area contributed by atoms with Crippen LogP contribution < -0.4 is 5.32 Å². The highest BCUT2D eigenvalue weighted by molar-refractivity contribution is 7.09. The average molecular weight is 315 g/mol. The van der Waals surface area contributed by atoms with E-state index in [0.717, 1.165) is 22.8 Å². The molecule has 0 bridgehead atoms. The third-order valence-electron chi connectivity index (χ3n) is 3.36. The molecule has 0 radical (unpaired) electrons. The second-order valence-corrected chi connectivity index (χ2v) is 6.12. The molecule has 0 fully saturated rings. The SMILES string of the molecule is CC[C@H](NC(=O)Cc1csc(C)n1)c1cn2cccnc2n1. The highest BCUT2D eigenvalue weighted by atomic mass is 32.1. The van der Waals surface area contributed by atoms with E-state index in [1.54, 1.807) is 17.5 Å². The van der Waals surface area contributed by atoms with Crippen LogP contribution in [0.4, 0.5) is 0 Å². The highest BCUT2D eigenvalue weighted by Gasteiger charge is 2.17. The fraction of sp³-hybridized carbons (Fsp3) is 0.333. The van der Waals surface area contributed by atoms with Crippen LogP contribution >= 0.6 is 11.3 Å². The number of carbonyl (C=O) groups excluding carboxylic acids is 1. The summed E-state index contributed by atoms with van der Waals surface area (Å²) in [6.45, 7) is 3.96. The smallest absolute Gasteiger partial charge is 0.233 e. The van der Waals surface area contributed by atoms with Crippen LogP contribution in [0.3, 0.4) is 0 Å². The molecule has 0 aliphatic carbocycles. The van der Waals surface area contributed by atoms with Gasteiger partial charge in [0.05, 0.1) is 28.9 Å². The predicted octanol–water partition coefficient (Wildman–Crippen LogP) is 2.30. The average Bonchev–Trinajstić information content (AvgIpc) is 3.10. The summed E-state index contributed by atoms with van der Waals surface area (Å²) in [7, 11) is 0. The maximum absolute atomic E-state index is 12.2. The summed E-state index contributed by atoms with van der Waals surface area (Å²) < 4.78 is 1.86. The second-order valence-electron chi connectivity index (χ2n) is 5.06. The van der Waals surface area contributed by atoms with Gasteiger partial charge in [0.15, 0.2) is 0 Å². The standard InChI is InChI=1S/C15H17N5OS/c1-3-12(13-8-20-6-4-5-16-15(20)19-13)18-14(21)7-11-9-22-10(2)17-11/h4-6,8-9,12H,3,7H2,1-2H3,(H,18,21)/t12-/m0/s1. The van der Waals surface area contributed by atoms with E-state index < -0.39 is 0 Å². The topological polar surface area (TPSA) is 72.2 Å². The molecule has 22 heavy (non-hydrogen) atoms. The Bertz CT molecular complexity index is 761. The van der Waals surface area contributed by atoms with Crippen molar-refractivity contribution in [3.8, 4) is 0 Å². The van der Waals surface area contributed by atoms with Crippen molar-refractivity contribution >= 4 is 23.0 Å². The molecule has 0 saturated heterocycles. The van der Waals surface area contributed by atoms with Crippen molar-refractivity contribution in [1.29, 1.82) is 0 Å². The first-order valence-electron chi connectivity index (χ1n) is 7.15. The van der Waals surface area contributed by atoms with Gasteiger partial charge in [-0.1, -0.05) is 6.92 Å². The molecule has 3 aromatic rings. The van der Waals surface area contributed by atoms with E-state index in [1.807, 2.05) is 42.1 Å². The molecular formula is C15H17N5OS. The van der Waals surface area contributed by atoms with Crippen molar-refractivity contribution in [3.63, 3.8) is 0 Å². The van der Waals surface area contributed by atoms with Crippen LogP contribution in [0.2, 0.25) is 0 Å². The molecule has 114 valence electrons. The molecule has 3 heterocycles. The molecule has 6 nitrogen and oxygen atoms in total. The molecule has 3 aromatic heterocycles. The maximum Gasteiger partial charge on any atom is 0.233 e. The summed E-state index contributed by atoms with van der Waals surface area (Å²) in [6, 6.07) is 1.73. The van der Waals surface area contributed by atoms with Gasteiger partial charge in [0.2, 0.25) is 11.7 Å². The van der Waals surface area contributed by atoms with Gasteiger partial charge in [-0.05, 0) is 19.4 Å². The maximum atomic E-state index is 12.2. The van der Waals surface area contributed by atoms with Crippen molar-refractivity contribution in [3.05, 3.63) is 46.4 Å². The van der Waals surface area contributed by atoms with Crippen LogP contribution in [0, 0.1) is 6.92 Å². The quantitative estimate of drug-likeness (QED) is 0.784. The number of hydrogen-bond acceptors (Lipinski definition) is 5. The Hall–Kier alpha value is -2.28. The molecule has 0 saturated carbocycles. The van der Waals surface area contributed by atoms with E-state index in [4.69, 9.17) is 0 Å². The monoisotopic (exact) mass is 315 g/mol. The zero-order valence-electron chi connectivity index (χ0n) is 12.5. The number of rotatable bonds is 5. The Morgan fingerprint density at radius 2 is 2.32 bits per heavy atom. The summed E-state index contributed by atoms with van der Waals surface area (Å²) in [5, 5.41) is 5.92. The molecule has 1 amide bonds. The summed E-state index contributed by atoms with van der Waals surface area (Å²) in [4.78, 5) is 25.2. The Morgan fingerprint density at radius 3 is 3.00 bits per heavy atom. The second kappa shape index (κ2) is 6.23. The Labute approximate surface area is 132 Å². The van der Waals surface area contributed by atoms with Crippen LogP contribution in [0.25, 0.3) is 5.78 Å². The summed E-state index contributed by atoms with van der Waals surface area (Å²) in [5.74, 6) is 0.600. The van der Waals surface area contributed by atoms with Crippen molar-refractivity contribution in [2.24, 2.45) is 0 Å². The van der Waals surface area contributed by atoms with E-state index >= 15 is 0 Å². The Kier molecular flexibility index (Phi) is 4.15. The number of carbonyl (C=O) groups is 1. The number of thiazole rings is 1. The zero-order valence-corrected chi connectivity index (χ0v) is 13.3. The van der Waals surface area contributed by atoms with Gasteiger partial charge in [-0.2, -0.15) is 0 Å². The van der Waals surface area contributed by atoms with Gasteiger partial charge in [-0.15, -0.1) is 11.3 Å². The summed E-state index contributed by atoms with van der Waals surface area (Å²) in [6.07, 6.45) is 6.57.